The zero-order valence-corrected chi connectivity index (χ0v) is 16.0. The standard InChI is InChI=1S/C20H11Cl2NO3S/c21-12-4-1-3-11(9-12)17-18(24)14-10-13(22)6-7-15(14)26-20(17)23-19(25)16-5-2-8-27-16/h1-10H,(H,23,25). The van der Waals surface area contributed by atoms with Gasteiger partial charge in [-0.15, -0.1) is 11.3 Å². The Labute approximate surface area is 168 Å². The highest BCUT2D eigenvalue weighted by molar-refractivity contribution is 7.12. The van der Waals surface area contributed by atoms with Crippen molar-refractivity contribution in [1.29, 1.82) is 0 Å². The van der Waals surface area contributed by atoms with E-state index in [2.05, 4.69) is 5.32 Å². The number of thiophene rings is 1. The smallest absolute Gasteiger partial charge is 0.268 e. The number of amides is 1. The third-order valence-electron chi connectivity index (χ3n) is 3.94. The predicted molar refractivity (Wildman–Crippen MR) is 110 cm³/mol. The molecule has 2 aromatic heterocycles. The lowest BCUT2D eigenvalue weighted by molar-refractivity contribution is 0.102. The zero-order valence-electron chi connectivity index (χ0n) is 13.7. The summed E-state index contributed by atoms with van der Waals surface area (Å²) in [4.78, 5) is 26.2. The number of nitrogens with one attached hydrogen (secondary N) is 1. The summed E-state index contributed by atoms with van der Waals surface area (Å²) in [6, 6.07) is 15.0. The van der Waals surface area contributed by atoms with Crippen LogP contribution in [-0.4, -0.2) is 5.91 Å². The Morgan fingerprint density at radius 3 is 2.56 bits per heavy atom. The van der Waals surface area contributed by atoms with Gasteiger partial charge in [-0.2, -0.15) is 0 Å². The minimum Gasteiger partial charge on any atom is -0.439 e. The summed E-state index contributed by atoms with van der Waals surface area (Å²) < 4.78 is 5.86. The van der Waals surface area contributed by atoms with E-state index in [9.17, 15) is 9.59 Å². The second-order valence-electron chi connectivity index (χ2n) is 5.72. The second-order valence-corrected chi connectivity index (χ2v) is 7.54. The van der Waals surface area contributed by atoms with E-state index < -0.39 is 0 Å². The van der Waals surface area contributed by atoms with Gasteiger partial charge >= 0.3 is 0 Å². The van der Waals surface area contributed by atoms with Crippen molar-refractivity contribution in [3.05, 3.63) is 85.1 Å². The normalized spacial score (nSPS) is 10.9. The van der Waals surface area contributed by atoms with Crippen molar-refractivity contribution < 1.29 is 9.21 Å². The molecule has 0 saturated heterocycles. The fourth-order valence-corrected chi connectivity index (χ4v) is 3.72. The van der Waals surface area contributed by atoms with Gasteiger partial charge in [0.05, 0.1) is 15.8 Å². The van der Waals surface area contributed by atoms with Crippen LogP contribution < -0.4 is 10.7 Å². The topological polar surface area (TPSA) is 59.3 Å². The van der Waals surface area contributed by atoms with Gasteiger partial charge in [0.15, 0.2) is 0 Å². The van der Waals surface area contributed by atoms with Gasteiger partial charge < -0.3 is 4.42 Å². The Bertz CT molecular complexity index is 1220. The van der Waals surface area contributed by atoms with Gasteiger partial charge in [0, 0.05) is 10.0 Å². The molecule has 0 radical (unpaired) electrons. The molecule has 0 aliphatic heterocycles. The fraction of sp³-hybridized carbons (Fsp3) is 0. The van der Waals surface area contributed by atoms with Gasteiger partial charge in [-0.25, -0.2) is 0 Å². The van der Waals surface area contributed by atoms with Crippen molar-refractivity contribution in [1.82, 2.24) is 0 Å². The molecular formula is C20H11Cl2NO3S. The van der Waals surface area contributed by atoms with Crippen molar-refractivity contribution in [2.24, 2.45) is 0 Å². The number of benzene rings is 2. The number of hydrogen-bond donors (Lipinski definition) is 1. The van der Waals surface area contributed by atoms with E-state index in [1.54, 1.807) is 60.0 Å². The number of carbonyl (C=O) groups is 1. The highest BCUT2D eigenvalue weighted by Gasteiger charge is 2.19. The first kappa shape index (κ1) is 17.8. The maximum Gasteiger partial charge on any atom is 0.268 e. The summed E-state index contributed by atoms with van der Waals surface area (Å²) in [5.74, 6) is -0.291. The molecule has 2 heterocycles. The lowest BCUT2D eigenvalue weighted by Crippen LogP contribution is -2.15. The molecule has 4 aromatic rings. The number of halogens is 2. The zero-order chi connectivity index (χ0) is 19.0. The van der Waals surface area contributed by atoms with Crippen molar-refractivity contribution >= 4 is 57.3 Å². The third-order valence-corrected chi connectivity index (χ3v) is 5.28. The highest BCUT2D eigenvalue weighted by Crippen LogP contribution is 2.31. The average Bonchev–Trinajstić information content (AvgIpc) is 3.17. The van der Waals surface area contributed by atoms with E-state index in [1.165, 1.54) is 11.3 Å². The molecule has 0 atom stereocenters. The number of anilines is 1. The number of rotatable bonds is 3. The molecule has 0 unspecified atom stereocenters. The van der Waals surface area contributed by atoms with Crippen LogP contribution in [0.1, 0.15) is 9.67 Å². The highest BCUT2D eigenvalue weighted by atomic mass is 35.5. The van der Waals surface area contributed by atoms with Gasteiger partial charge in [-0.1, -0.05) is 41.4 Å². The first-order valence-electron chi connectivity index (χ1n) is 7.90. The van der Waals surface area contributed by atoms with Crippen LogP contribution in [0.4, 0.5) is 5.88 Å². The van der Waals surface area contributed by atoms with Gasteiger partial charge in [0.25, 0.3) is 5.91 Å². The van der Waals surface area contributed by atoms with Gasteiger partial charge in [0.2, 0.25) is 11.3 Å². The minimum absolute atomic E-state index is 0.0653. The summed E-state index contributed by atoms with van der Waals surface area (Å²) in [5.41, 5.74) is 0.788. The van der Waals surface area contributed by atoms with Crippen LogP contribution >= 0.6 is 34.5 Å². The Hall–Kier alpha value is -2.60. The van der Waals surface area contributed by atoms with Crippen LogP contribution in [0.25, 0.3) is 22.1 Å². The van der Waals surface area contributed by atoms with E-state index in [1.807, 2.05) is 0 Å². The molecule has 134 valence electrons. The minimum atomic E-state index is -0.357. The van der Waals surface area contributed by atoms with Crippen LogP contribution in [-0.2, 0) is 0 Å². The summed E-state index contributed by atoms with van der Waals surface area (Å²) in [5, 5.41) is 5.71. The molecule has 0 fully saturated rings. The SMILES string of the molecule is O=C(Nc1oc2ccc(Cl)cc2c(=O)c1-c1cccc(Cl)c1)c1cccs1. The fourth-order valence-electron chi connectivity index (χ4n) is 2.73. The molecular weight excluding hydrogens is 405 g/mol. The Kier molecular flexibility index (Phi) is 4.74. The van der Waals surface area contributed by atoms with Crippen LogP contribution in [0.5, 0.6) is 0 Å². The molecule has 0 aliphatic rings. The predicted octanol–water partition coefficient (Wildman–Crippen LogP) is 6.08. The van der Waals surface area contributed by atoms with Crippen molar-refractivity contribution in [2.45, 2.75) is 0 Å². The lowest BCUT2D eigenvalue weighted by Gasteiger charge is -2.11. The molecule has 0 bridgehead atoms. The number of fused-ring (bicyclic) bond motifs is 1. The van der Waals surface area contributed by atoms with E-state index in [0.717, 1.165) is 0 Å². The number of hydrogen-bond acceptors (Lipinski definition) is 4. The molecule has 0 saturated carbocycles. The van der Waals surface area contributed by atoms with E-state index in [0.29, 0.717) is 31.5 Å². The molecule has 0 spiro atoms. The molecule has 27 heavy (non-hydrogen) atoms. The molecule has 1 N–H and O–H groups in total. The van der Waals surface area contributed by atoms with E-state index >= 15 is 0 Å². The van der Waals surface area contributed by atoms with Crippen molar-refractivity contribution in [2.75, 3.05) is 5.32 Å². The Morgan fingerprint density at radius 1 is 1.00 bits per heavy atom. The maximum absolute atomic E-state index is 13.2. The quantitative estimate of drug-likeness (QED) is 0.440. The second kappa shape index (κ2) is 7.19. The Balaban J connectivity index is 1.95. The van der Waals surface area contributed by atoms with Gasteiger partial charge in [-0.3, -0.25) is 14.9 Å². The Morgan fingerprint density at radius 2 is 1.81 bits per heavy atom. The molecule has 4 rings (SSSR count). The van der Waals surface area contributed by atoms with Gasteiger partial charge in [0.1, 0.15) is 5.58 Å². The summed E-state index contributed by atoms with van der Waals surface area (Å²) in [7, 11) is 0. The van der Waals surface area contributed by atoms with Gasteiger partial charge in [-0.05, 0) is 47.3 Å². The summed E-state index contributed by atoms with van der Waals surface area (Å²) in [6.45, 7) is 0. The van der Waals surface area contributed by atoms with E-state index in [4.69, 9.17) is 27.6 Å². The van der Waals surface area contributed by atoms with E-state index in [-0.39, 0.29) is 22.8 Å². The van der Waals surface area contributed by atoms with Crippen molar-refractivity contribution in [3.8, 4) is 11.1 Å². The monoisotopic (exact) mass is 415 g/mol. The molecule has 7 heteroatoms. The van der Waals surface area contributed by atoms with Crippen LogP contribution in [0.2, 0.25) is 10.0 Å². The first-order valence-corrected chi connectivity index (χ1v) is 9.53. The lowest BCUT2D eigenvalue weighted by atomic mass is 10.0. The molecule has 1 amide bonds. The average molecular weight is 416 g/mol. The van der Waals surface area contributed by atoms with Crippen molar-refractivity contribution in [3.63, 3.8) is 0 Å². The summed E-state index contributed by atoms with van der Waals surface area (Å²) in [6.07, 6.45) is 0. The molecule has 2 aromatic carbocycles. The summed E-state index contributed by atoms with van der Waals surface area (Å²) >= 11 is 13.4. The first-order chi connectivity index (χ1) is 13.0. The van der Waals surface area contributed by atoms with Crippen LogP contribution in [0.3, 0.4) is 0 Å². The van der Waals surface area contributed by atoms with Crippen LogP contribution in [0.15, 0.2) is 69.2 Å². The van der Waals surface area contributed by atoms with Crippen LogP contribution in [0, 0.1) is 0 Å². The third kappa shape index (κ3) is 3.49. The maximum atomic E-state index is 13.2. The number of carbonyl (C=O) groups excluding carboxylic acids is 1. The molecule has 0 aliphatic carbocycles. The largest absolute Gasteiger partial charge is 0.439 e. The molecule has 4 nitrogen and oxygen atoms in total.